The molecule has 0 atom stereocenters. The second-order valence-electron chi connectivity index (χ2n) is 7.67. The van der Waals surface area contributed by atoms with E-state index in [-0.39, 0.29) is 12.0 Å². The van der Waals surface area contributed by atoms with Gasteiger partial charge in [0.2, 0.25) is 5.91 Å². The van der Waals surface area contributed by atoms with Gasteiger partial charge < -0.3 is 14.4 Å². The molecule has 1 amide bonds. The van der Waals surface area contributed by atoms with Crippen LogP contribution in [0.2, 0.25) is 0 Å². The lowest BCUT2D eigenvalue weighted by atomic mass is 9.95. The fourth-order valence-corrected chi connectivity index (χ4v) is 3.61. The zero-order valence-electron chi connectivity index (χ0n) is 16.6. The van der Waals surface area contributed by atoms with Crippen LogP contribution in [0.15, 0.2) is 30.3 Å². The lowest BCUT2D eigenvalue weighted by Gasteiger charge is -2.33. The number of likely N-dealkylation sites (tertiary alicyclic amines) is 1. The number of rotatable bonds is 6. The average Bonchev–Trinajstić information content (AvgIpc) is 2.68. The molecule has 5 nitrogen and oxygen atoms in total. The maximum atomic E-state index is 12.5. The fraction of sp³-hybridized carbons (Fsp3) is 0.591. The number of hydrogen-bond donors (Lipinski definition) is 0. The molecule has 0 saturated carbocycles. The maximum Gasteiger partial charge on any atom is 0.236 e. The van der Waals surface area contributed by atoms with Gasteiger partial charge in [-0.1, -0.05) is 30.4 Å². The normalized spacial score (nSPS) is 19.7. The Balaban J connectivity index is 1.48. The third kappa shape index (κ3) is 6.08. The van der Waals surface area contributed by atoms with E-state index in [1.165, 1.54) is 0 Å². The van der Waals surface area contributed by atoms with Crippen molar-refractivity contribution in [2.45, 2.75) is 32.8 Å². The van der Waals surface area contributed by atoms with E-state index >= 15 is 0 Å². The quantitative estimate of drug-likeness (QED) is 0.770. The second-order valence-corrected chi connectivity index (χ2v) is 7.67. The van der Waals surface area contributed by atoms with E-state index < -0.39 is 0 Å². The highest BCUT2D eigenvalue weighted by molar-refractivity contribution is 5.78. The van der Waals surface area contributed by atoms with Crippen molar-refractivity contribution < 1.29 is 14.3 Å². The van der Waals surface area contributed by atoms with Gasteiger partial charge in [0.25, 0.3) is 0 Å². The van der Waals surface area contributed by atoms with E-state index in [9.17, 15) is 4.79 Å². The molecule has 0 aliphatic carbocycles. The van der Waals surface area contributed by atoms with Gasteiger partial charge in [-0.25, -0.2) is 0 Å². The molecule has 5 heteroatoms. The van der Waals surface area contributed by atoms with E-state index in [1.807, 2.05) is 36.9 Å². The minimum Gasteiger partial charge on any atom is -0.490 e. The number of morpholine rings is 1. The summed E-state index contributed by atoms with van der Waals surface area (Å²) in [7, 11) is 0. The van der Waals surface area contributed by atoms with Crippen molar-refractivity contribution in [3.8, 4) is 5.75 Å². The van der Waals surface area contributed by atoms with Gasteiger partial charge in [0.15, 0.2) is 0 Å². The van der Waals surface area contributed by atoms with E-state index in [4.69, 9.17) is 9.47 Å². The molecule has 0 bridgehead atoms. The van der Waals surface area contributed by atoms with Gasteiger partial charge in [-0.2, -0.15) is 0 Å². The summed E-state index contributed by atoms with van der Waals surface area (Å²) in [6, 6.07) is 8.16. The number of nitrogens with zero attached hydrogens (tertiary/aromatic N) is 2. The lowest BCUT2D eigenvalue weighted by Crippen LogP contribution is -2.46. The Kier molecular flexibility index (Phi) is 7.30. The van der Waals surface area contributed by atoms with Gasteiger partial charge in [0.05, 0.1) is 25.9 Å². The summed E-state index contributed by atoms with van der Waals surface area (Å²) in [5.74, 6) is 1.71. The molecule has 27 heavy (non-hydrogen) atoms. The first-order valence-corrected chi connectivity index (χ1v) is 10.1. The van der Waals surface area contributed by atoms with Crippen molar-refractivity contribution in [3.05, 3.63) is 35.9 Å². The molecular formula is C22H32N2O3. The number of ether oxygens (including phenoxy) is 2. The third-order valence-corrected chi connectivity index (χ3v) is 5.18. The van der Waals surface area contributed by atoms with Crippen LogP contribution in [0.1, 0.15) is 32.3 Å². The summed E-state index contributed by atoms with van der Waals surface area (Å²) in [6.07, 6.45) is 6.68. The van der Waals surface area contributed by atoms with Gasteiger partial charge >= 0.3 is 0 Å². The Morgan fingerprint density at radius 3 is 2.59 bits per heavy atom. The summed E-state index contributed by atoms with van der Waals surface area (Å²) in [4.78, 5) is 16.7. The van der Waals surface area contributed by atoms with E-state index in [0.717, 1.165) is 63.5 Å². The van der Waals surface area contributed by atoms with Crippen LogP contribution in [0, 0.1) is 5.92 Å². The monoisotopic (exact) mass is 372 g/mol. The molecule has 2 saturated heterocycles. The number of piperidine rings is 1. The smallest absolute Gasteiger partial charge is 0.236 e. The largest absolute Gasteiger partial charge is 0.490 e. The zero-order chi connectivity index (χ0) is 19.1. The molecule has 2 fully saturated rings. The van der Waals surface area contributed by atoms with Gasteiger partial charge in [-0.15, -0.1) is 0 Å². The number of carbonyl (C=O) groups is 1. The Labute approximate surface area is 162 Å². The van der Waals surface area contributed by atoms with Gasteiger partial charge in [-0.3, -0.25) is 9.69 Å². The Morgan fingerprint density at radius 2 is 1.89 bits per heavy atom. The average molecular weight is 373 g/mol. The molecule has 2 aliphatic heterocycles. The summed E-state index contributed by atoms with van der Waals surface area (Å²) in [5.41, 5.74) is 1.12. The van der Waals surface area contributed by atoms with Crippen molar-refractivity contribution in [3.63, 3.8) is 0 Å². The van der Waals surface area contributed by atoms with Crippen molar-refractivity contribution in [1.82, 2.24) is 9.80 Å². The van der Waals surface area contributed by atoms with Crippen molar-refractivity contribution in [1.29, 1.82) is 0 Å². The molecule has 148 valence electrons. The Morgan fingerprint density at radius 1 is 1.19 bits per heavy atom. The molecule has 0 spiro atoms. The highest BCUT2D eigenvalue weighted by atomic mass is 16.5. The van der Waals surface area contributed by atoms with E-state index in [2.05, 4.69) is 23.1 Å². The standard InChI is InChI=1S/C22H32N2O3/c1-18(2)27-21-6-4-3-5-20(21)8-7-19-9-11-24(12-10-19)22(25)17-23-13-15-26-16-14-23/h3-8,18-19H,9-17H2,1-2H3/b8-7+. The molecule has 2 aliphatic rings. The molecule has 1 aromatic rings. The zero-order valence-corrected chi connectivity index (χ0v) is 16.6. The fourth-order valence-electron chi connectivity index (χ4n) is 3.61. The molecular weight excluding hydrogens is 340 g/mol. The summed E-state index contributed by atoms with van der Waals surface area (Å²) in [6.45, 7) is 9.53. The predicted octanol–water partition coefficient (Wildman–Crippen LogP) is 3.06. The topological polar surface area (TPSA) is 42.0 Å². The van der Waals surface area contributed by atoms with Gasteiger partial charge in [-0.05, 0) is 38.7 Å². The molecule has 2 heterocycles. The number of allylic oxidation sites excluding steroid dienone is 1. The molecule has 0 N–H and O–H groups in total. The number of carbonyl (C=O) groups excluding carboxylic acids is 1. The van der Waals surface area contributed by atoms with Crippen LogP contribution in [0.4, 0.5) is 0 Å². The molecule has 0 radical (unpaired) electrons. The Bertz CT molecular complexity index is 630. The molecule has 0 unspecified atom stereocenters. The van der Waals surface area contributed by atoms with Gasteiger partial charge in [0.1, 0.15) is 5.75 Å². The number of amides is 1. The lowest BCUT2D eigenvalue weighted by molar-refractivity contribution is -0.134. The van der Waals surface area contributed by atoms with Crippen LogP contribution in [0.5, 0.6) is 5.75 Å². The van der Waals surface area contributed by atoms with Crippen molar-refractivity contribution in [2.24, 2.45) is 5.92 Å². The third-order valence-electron chi connectivity index (χ3n) is 5.18. The number of benzene rings is 1. The first-order chi connectivity index (χ1) is 13.1. The minimum absolute atomic E-state index is 0.167. The van der Waals surface area contributed by atoms with E-state index in [0.29, 0.717) is 12.5 Å². The van der Waals surface area contributed by atoms with Crippen LogP contribution in [-0.4, -0.2) is 67.7 Å². The van der Waals surface area contributed by atoms with E-state index in [1.54, 1.807) is 0 Å². The van der Waals surface area contributed by atoms with Crippen LogP contribution < -0.4 is 4.74 Å². The van der Waals surface area contributed by atoms with Crippen LogP contribution in [0.25, 0.3) is 6.08 Å². The minimum atomic E-state index is 0.167. The second kappa shape index (κ2) is 9.90. The highest BCUT2D eigenvalue weighted by Crippen LogP contribution is 2.24. The molecule has 0 aromatic heterocycles. The molecule has 1 aromatic carbocycles. The summed E-state index contributed by atoms with van der Waals surface area (Å²) >= 11 is 0. The number of para-hydroxylation sites is 1. The van der Waals surface area contributed by atoms with Crippen LogP contribution >= 0.6 is 0 Å². The number of hydrogen-bond acceptors (Lipinski definition) is 4. The summed E-state index contributed by atoms with van der Waals surface area (Å²) in [5, 5.41) is 0. The van der Waals surface area contributed by atoms with Crippen molar-refractivity contribution in [2.75, 3.05) is 45.9 Å². The van der Waals surface area contributed by atoms with Gasteiger partial charge in [0, 0.05) is 31.7 Å². The first kappa shape index (κ1) is 19.9. The maximum absolute atomic E-state index is 12.5. The SMILES string of the molecule is CC(C)Oc1ccccc1/C=C/C1CCN(C(=O)CN2CCOCC2)CC1. The van der Waals surface area contributed by atoms with Crippen molar-refractivity contribution >= 4 is 12.0 Å². The van der Waals surface area contributed by atoms with Crippen LogP contribution in [0.3, 0.4) is 0 Å². The predicted molar refractivity (Wildman–Crippen MR) is 108 cm³/mol. The molecule has 3 rings (SSSR count). The van der Waals surface area contributed by atoms with Crippen LogP contribution in [-0.2, 0) is 9.53 Å². The Hall–Kier alpha value is -1.85. The highest BCUT2D eigenvalue weighted by Gasteiger charge is 2.23. The first-order valence-electron chi connectivity index (χ1n) is 10.1. The summed E-state index contributed by atoms with van der Waals surface area (Å²) < 4.78 is 11.2.